The molecule has 3 heterocycles. The minimum Gasteiger partial charge on any atom is -0.377 e. The summed E-state index contributed by atoms with van der Waals surface area (Å²) in [5.74, 6) is 0.763. The van der Waals surface area contributed by atoms with Gasteiger partial charge >= 0.3 is 0 Å². The third-order valence-electron chi connectivity index (χ3n) is 3.21. The van der Waals surface area contributed by atoms with Gasteiger partial charge in [-0.25, -0.2) is 0 Å². The van der Waals surface area contributed by atoms with Gasteiger partial charge < -0.3 is 10.1 Å². The van der Waals surface area contributed by atoms with E-state index in [1.165, 1.54) is 0 Å². The summed E-state index contributed by atoms with van der Waals surface area (Å²) in [5.41, 5.74) is 0.135. The SMILES string of the molecule is COCc1nnc2sc(C3(C)CCNC3)nn12. The number of rotatable bonds is 3. The van der Waals surface area contributed by atoms with Crippen molar-refractivity contribution >= 4 is 16.3 Å². The lowest BCUT2D eigenvalue weighted by atomic mass is 9.91. The molecule has 0 saturated carbocycles. The summed E-state index contributed by atoms with van der Waals surface area (Å²) in [7, 11) is 1.65. The molecule has 1 saturated heterocycles. The van der Waals surface area contributed by atoms with Crippen LogP contribution in [0.2, 0.25) is 0 Å². The zero-order chi connectivity index (χ0) is 11.9. The first-order valence-corrected chi connectivity index (χ1v) is 6.46. The lowest BCUT2D eigenvalue weighted by Crippen LogP contribution is -2.25. The highest BCUT2D eigenvalue weighted by Crippen LogP contribution is 2.33. The number of fused-ring (bicyclic) bond motifs is 1. The van der Waals surface area contributed by atoms with Crippen LogP contribution in [-0.4, -0.2) is 40.0 Å². The van der Waals surface area contributed by atoms with Gasteiger partial charge in [-0.05, 0) is 13.0 Å². The van der Waals surface area contributed by atoms with Crippen LogP contribution < -0.4 is 5.32 Å². The van der Waals surface area contributed by atoms with E-state index in [0.717, 1.165) is 35.3 Å². The Kier molecular flexibility index (Phi) is 2.61. The maximum absolute atomic E-state index is 5.08. The van der Waals surface area contributed by atoms with Gasteiger partial charge in [-0.15, -0.1) is 10.2 Å². The van der Waals surface area contributed by atoms with Gasteiger partial charge in [0.05, 0.1) is 0 Å². The average molecular weight is 253 g/mol. The number of hydrogen-bond donors (Lipinski definition) is 1. The van der Waals surface area contributed by atoms with Crippen LogP contribution in [0.3, 0.4) is 0 Å². The quantitative estimate of drug-likeness (QED) is 0.867. The maximum atomic E-state index is 5.08. The van der Waals surface area contributed by atoms with E-state index in [1.54, 1.807) is 23.0 Å². The van der Waals surface area contributed by atoms with E-state index in [-0.39, 0.29) is 5.41 Å². The van der Waals surface area contributed by atoms with E-state index >= 15 is 0 Å². The van der Waals surface area contributed by atoms with Crippen LogP contribution in [0.15, 0.2) is 0 Å². The Hall–Kier alpha value is -1.05. The van der Waals surface area contributed by atoms with Crippen molar-refractivity contribution in [2.24, 2.45) is 0 Å². The van der Waals surface area contributed by atoms with E-state index in [0.29, 0.717) is 6.61 Å². The zero-order valence-electron chi connectivity index (χ0n) is 9.93. The Morgan fingerprint density at radius 3 is 3.12 bits per heavy atom. The predicted molar refractivity (Wildman–Crippen MR) is 64.2 cm³/mol. The predicted octanol–water partition coefficient (Wildman–Crippen LogP) is 0.583. The molecule has 1 aliphatic heterocycles. The van der Waals surface area contributed by atoms with Crippen LogP contribution in [0.25, 0.3) is 4.96 Å². The normalized spacial score (nSPS) is 24.8. The summed E-state index contributed by atoms with van der Waals surface area (Å²) in [6.07, 6.45) is 1.12. The van der Waals surface area contributed by atoms with Gasteiger partial charge in [0.25, 0.3) is 0 Å². The highest BCUT2D eigenvalue weighted by Gasteiger charge is 2.34. The largest absolute Gasteiger partial charge is 0.377 e. The molecule has 0 amide bonds. The molecular formula is C10H15N5OS. The summed E-state index contributed by atoms with van der Waals surface area (Å²) >= 11 is 1.62. The van der Waals surface area contributed by atoms with Gasteiger partial charge in [0.1, 0.15) is 11.6 Å². The van der Waals surface area contributed by atoms with Crippen molar-refractivity contribution in [3.63, 3.8) is 0 Å². The molecule has 1 aliphatic rings. The summed E-state index contributed by atoms with van der Waals surface area (Å²) in [5, 5.41) is 17.3. The van der Waals surface area contributed by atoms with Crippen LogP contribution in [0.4, 0.5) is 0 Å². The standard InChI is InChI=1S/C10H15N5OS/c1-10(3-4-11-6-10)8-14-15-7(5-16-2)12-13-9(15)17-8/h11H,3-6H2,1-2H3. The molecular weight excluding hydrogens is 238 g/mol. The molecule has 3 rings (SSSR count). The van der Waals surface area contributed by atoms with Crippen LogP contribution in [-0.2, 0) is 16.8 Å². The van der Waals surface area contributed by atoms with Crippen molar-refractivity contribution in [1.29, 1.82) is 0 Å². The molecule has 2 aromatic rings. The summed E-state index contributed by atoms with van der Waals surface area (Å²) in [4.78, 5) is 0.847. The highest BCUT2D eigenvalue weighted by molar-refractivity contribution is 7.16. The Labute approximate surface area is 103 Å². The molecule has 6 nitrogen and oxygen atoms in total. The molecule has 0 bridgehead atoms. The molecule has 1 fully saturated rings. The Morgan fingerprint density at radius 2 is 2.41 bits per heavy atom. The van der Waals surface area contributed by atoms with Gasteiger partial charge in [-0.3, -0.25) is 0 Å². The van der Waals surface area contributed by atoms with Crippen LogP contribution >= 0.6 is 11.3 Å². The smallest absolute Gasteiger partial charge is 0.234 e. The number of methoxy groups -OCH3 is 1. The molecule has 0 radical (unpaired) electrons. The number of ether oxygens (including phenoxy) is 1. The fraction of sp³-hybridized carbons (Fsp3) is 0.700. The minimum absolute atomic E-state index is 0.135. The Balaban J connectivity index is 2.01. The monoisotopic (exact) mass is 253 g/mol. The van der Waals surface area contributed by atoms with Gasteiger partial charge in [-0.1, -0.05) is 18.3 Å². The lowest BCUT2D eigenvalue weighted by Gasteiger charge is -2.17. The molecule has 1 atom stereocenters. The molecule has 0 aromatic carbocycles. The van der Waals surface area contributed by atoms with Gasteiger partial charge in [0.15, 0.2) is 5.82 Å². The molecule has 0 aliphatic carbocycles. The molecule has 92 valence electrons. The number of hydrogen-bond acceptors (Lipinski definition) is 6. The van der Waals surface area contributed by atoms with E-state index in [2.05, 4.69) is 27.5 Å². The lowest BCUT2D eigenvalue weighted by molar-refractivity contribution is 0.176. The molecule has 17 heavy (non-hydrogen) atoms. The summed E-state index contributed by atoms with van der Waals surface area (Å²) < 4.78 is 6.88. The first-order chi connectivity index (χ1) is 8.23. The summed E-state index contributed by atoms with van der Waals surface area (Å²) in [6, 6.07) is 0. The van der Waals surface area contributed by atoms with Gasteiger partial charge in [0, 0.05) is 19.1 Å². The van der Waals surface area contributed by atoms with E-state index in [4.69, 9.17) is 4.74 Å². The van der Waals surface area contributed by atoms with Gasteiger partial charge in [-0.2, -0.15) is 9.61 Å². The van der Waals surface area contributed by atoms with Gasteiger partial charge in [0.2, 0.25) is 4.96 Å². The fourth-order valence-electron chi connectivity index (χ4n) is 2.12. The number of aromatic nitrogens is 4. The maximum Gasteiger partial charge on any atom is 0.234 e. The zero-order valence-corrected chi connectivity index (χ0v) is 10.8. The highest BCUT2D eigenvalue weighted by atomic mass is 32.1. The molecule has 2 aromatic heterocycles. The van der Waals surface area contributed by atoms with Crippen molar-refractivity contribution in [3.8, 4) is 0 Å². The number of nitrogens with zero attached hydrogens (tertiary/aromatic N) is 4. The Morgan fingerprint density at radius 1 is 1.53 bits per heavy atom. The molecule has 1 unspecified atom stereocenters. The fourth-order valence-corrected chi connectivity index (χ4v) is 3.15. The third kappa shape index (κ3) is 1.74. The first kappa shape index (κ1) is 11.1. The van der Waals surface area contributed by atoms with Crippen molar-refractivity contribution < 1.29 is 4.74 Å². The van der Waals surface area contributed by atoms with Crippen molar-refractivity contribution in [2.45, 2.75) is 25.4 Å². The third-order valence-corrected chi connectivity index (χ3v) is 4.42. The summed E-state index contributed by atoms with van der Waals surface area (Å²) in [6.45, 7) is 4.73. The second kappa shape index (κ2) is 4.01. The molecule has 7 heteroatoms. The minimum atomic E-state index is 0.135. The number of nitrogens with one attached hydrogen (secondary N) is 1. The first-order valence-electron chi connectivity index (χ1n) is 5.64. The van der Waals surface area contributed by atoms with Crippen LogP contribution in [0.1, 0.15) is 24.2 Å². The average Bonchev–Trinajstić information content (AvgIpc) is 2.96. The van der Waals surface area contributed by atoms with Crippen LogP contribution in [0, 0.1) is 0 Å². The molecule has 1 N–H and O–H groups in total. The van der Waals surface area contributed by atoms with E-state index < -0.39 is 0 Å². The van der Waals surface area contributed by atoms with E-state index in [9.17, 15) is 0 Å². The molecule has 0 spiro atoms. The second-order valence-corrected chi connectivity index (χ2v) is 5.59. The Bertz CT molecular complexity index is 528. The van der Waals surface area contributed by atoms with Crippen molar-refractivity contribution in [2.75, 3.05) is 20.2 Å². The van der Waals surface area contributed by atoms with Crippen molar-refractivity contribution in [3.05, 3.63) is 10.8 Å². The van der Waals surface area contributed by atoms with Crippen LogP contribution in [0.5, 0.6) is 0 Å². The second-order valence-electron chi connectivity index (χ2n) is 4.64. The van der Waals surface area contributed by atoms with Crippen molar-refractivity contribution in [1.82, 2.24) is 25.1 Å². The van der Waals surface area contributed by atoms with E-state index in [1.807, 2.05) is 0 Å². The topological polar surface area (TPSA) is 64.3 Å².